The lowest BCUT2D eigenvalue weighted by molar-refractivity contribution is -0.418. The van der Waals surface area contributed by atoms with E-state index in [1.807, 2.05) is 0 Å². The highest BCUT2D eigenvalue weighted by Gasteiger charge is 2.84. The van der Waals surface area contributed by atoms with E-state index in [0.29, 0.717) is 19.3 Å². The van der Waals surface area contributed by atoms with Gasteiger partial charge in [0.25, 0.3) is 0 Å². The third-order valence-corrected chi connectivity index (χ3v) is 6.44. The molecule has 8 heteroatoms. The maximum absolute atomic E-state index is 14.1. The first-order valence-corrected chi connectivity index (χ1v) is 8.98. The largest absolute Gasteiger partial charge is 0.438 e. The van der Waals surface area contributed by atoms with Crippen molar-refractivity contribution in [3.05, 3.63) is 0 Å². The molecule has 4 bridgehead atoms. The lowest BCUT2D eigenvalue weighted by atomic mass is 9.45. The van der Waals surface area contributed by atoms with Crippen LogP contribution in [-0.2, 0) is 9.53 Å². The molecule has 0 aromatic carbocycles. The highest BCUT2D eigenvalue weighted by Crippen LogP contribution is 2.70. The molecule has 2 nitrogen and oxygen atoms in total. The SMILES string of the molecule is CC(C)(C)C(=O)OC(C(F)(F)F)(C(F)(F)F)C12CC3CC(CC(C3)C1)C2. The van der Waals surface area contributed by atoms with Crippen molar-refractivity contribution in [1.29, 1.82) is 0 Å². The molecule has 0 aliphatic heterocycles. The van der Waals surface area contributed by atoms with Crippen LogP contribution in [0.5, 0.6) is 0 Å². The molecule has 0 radical (unpaired) electrons. The maximum Gasteiger partial charge on any atom is 0.438 e. The zero-order chi connectivity index (χ0) is 19.8. The second-order valence-corrected chi connectivity index (χ2v) is 9.51. The molecular weight excluding hydrogens is 362 g/mol. The van der Waals surface area contributed by atoms with E-state index >= 15 is 0 Å². The summed E-state index contributed by atoms with van der Waals surface area (Å²) in [5.74, 6) is -1.93. The van der Waals surface area contributed by atoms with Crippen molar-refractivity contribution in [2.75, 3.05) is 0 Å². The minimum Gasteiger partial charge on any atom is -0.438 e. The second-order valence-electron chi connectivity index (χ2n) is 9.51. The predicted molar refractivity (Wildman–Crippen MR) is 81.0 cm³/mol. The normalized spacial score (nSPS) is 34.9. The van der Waals surface area contributed by atoms with Crippen LogP contribution in [0.1, 0.15) is 59.3 Å². The Labute approximate surface area is 148 Å². The number of esters is 1. The molecule has 4 aliphatic rings. The molecule has 0 saturated heterocycles. The summed E-state index contributed by atoms with van der Waals surface area (Å²) in [6.45, 7) is 3.77. The zero-order valence-corrected chi connectivity index (χ0v) is 15.1. The number of carbonyl (C=O) groups excluding carboxylic acids is 1. The summed E-state index contributed by atoms with van der Waals surface area (Å²) in [4.78, 5) is 12.2. The van der Waals surface area contributed by atoms with Crippen molar-refractivity contribution in [2.45, 2.75) is 77.2 Å². The van der Waals surface area contributed by atoms with Gasteiger partial charge in [-0.3, -0.25) is 4.79 Å². The molecule has 4 saturated carbocycles. The Morgan fingerprint density at radius 2 is 1.15 bits per heavy atom. The molecular formula is C18H24F6O2. The lowest BCUT2D eigenvalue weighted by Gasteiger charge is -2.62. The summed E-state index contributed by atoms with van der Waals surface area (Å²) in [5, 5.41) is 0. The third-order valence-electron chi connectivity index (χ3n) is 6.44. The number of halogens is 6. The fourth-order valence-corrected chi connectivity index (χ4v) is 5.82. The third kappa shape index (κ3) is 2.73. The Bertz CT molecular complexity index is 535. The quantitative estimate of drug-likeness (QED) is 0.452. The standard InChI is InChI=1S/C18H24F6O2/c1-14(2,3)13(25)26-16(17(19,20)21,18(22,23)24)15-7-10-4-11(8-15)6-12(5-10)9-15/h10-12H,4-9H2,1-3H3. The van der Waals surface area contributed by atoms with E-state index in [-0.39, 0.29) is 37.0 Å². The van der Waals surface area contributed by atoms with Gasteiger partial charge in [-0.05, 0) is 77.0 Å². The molecule has 0 spiro atoms. The molecule has 0 aromatic rings. The molecule has 4 aliphatic carbocycles. The van der Waals surface area contributed by atoms with Crippen LogP contribution >= 0.6 is 0 Å². The molecule has 0 amide bonds. The summed E-state index contributed by atoms with van der Waals surface area (Å²) in [6, 6.07) is 0. The van der Waals surface area contributed by atoms with E-state index in [1.165, 1.54) is 20.8 Å². The van der Waals surface area contributed by atoms with Crippen molar-refractivity contribution in [3.8, 4) is 0 Å². The van der Waals surface area contributed by atoms with Gasteiger partial charge in [0.2, 0.25) is 0 Å². The summed E-state index contributed by atoms with van der Waals surface area (Å²) in [5.41, 5.74) is -8.02. The summed E-state index contributed by atoms with van der Waals surface area (Å²) in [7, 11) is 0. The van der Waals surface area contributed by atoms with Crippen LogP contribution in [0.2, 0.25) is 0 Å². The van der Waals surface area contributed by atoms with Gasteiger partial charge in [-0.15, -0.1) is 0 Å². The minimum atomic E-state index is -5.72. The van der Waals surface area contributed by atoms with Gasteiger partial charge < -0.3 is 4.74 Å². The van der Waals surface area contributed by atoms with Crippen LogP contribution in [0.4, 0.5) is 26.3 Å². The van der Waals surface area contributed by atoms with Crippen LogP contribution in [-0.4, -0.2) is 23.9 Å². The van der Waals surface area contributed by atoms with E-state index in [1.54, 1.807) is 0 Å². The van der Waals surface area contributed by atoms with E-state index in [4.69, 9.17) is 0 Å². The van der Waals surface area contributed by atoms with Crippen LogP contribution in [0.25, 0.3) is 0 Å². The monoisotopic (exact) mass is 386 g/mol. The summed E-state index contributed by atoms with van der Waals surface area (Å²) < 4.78 is 89.3. The van der Waals surface area contributed by atoms with Gasteiger partial charge in [0.15, 0.2) is 0 Å². The van der Waals surface area contributed by atoms with Gasteiger partial charge in [0.05, 0.1) is 5.41 Å². The average Bonchev–Trinajstić information content (AvgIpc) is 2.38. The Hall–Kier alpha value is -0.950. The highest BCUT2D eigenvalue weighted by molar-refractivity contribution is 5.76. The number of hydrogen-bond donors (Lipinski definition) is 0. The van der Waals surface area contributed by atoms with Crippen molar-refractivity contribution in [2.24, 2.45) is 28.6 Å². The molecule has 4 rings (SSSR count). The molecule has 150 valence electrons. The van der Waals surface area contributed by atoms with Crippen LogP contribution in [0.15, 0.2) is 0 Å². The van der Waals surface area contributed by atoms with Gasteiger partial charge >= 0.3 is 23.9 Å². The fourth-order valence-electron chi connectivity index (χ4n) is 5.82. The Balaban J connectivity index is 2.16. The topological polar surface area (TPSA) is 26.3 Å². The first-order valence-electron chi connectivity index (χ1n) is 8.98. The summed E-state index contributed by atoms with van der Waals surface area (Å²) in [6.07, 6.45) is -9.97. The molecule has 0 N–H and O–H groups in total. The Kier molecular flexibility index (Phi) is 4.22. The zero-order valence-electron chi connectivity index (χ0n) is 15.1. The van der Waals surface area contributed by atoms with Gasteiger partial charge in [0, 0.05) is 5.41 Å². The summed E-state index contributed by atoms with van der Waals surface area (Å²) >= 11 is 0. The highest BCUT2D eigenvalue weighted by atomic mass is 19.4. The van der Waals surface area contributed by atoms with E-state index in [2.05, 4.69) is 4.74 Å². The van der Waals surface area contributed by atoms with Crippen LogP contribution < -0.4 is 0 Å². The predicted octanol–water partition coefficient (Wildman–Crippen LogP) is 5.66. The Morgan fingerprint density at radius 1 is 0.808 bits per heavy atom. The molecule has 4 fully saturated rings. The Morgan fingerprint density at radius 3 is 1.42 bits per heavy atom. The van der Waals surface area contributed by atoms with E-state index in [9.17, 15) is 31.1 Å². The van der Waals surface area contributed by atoms with Crippen LogP contribution in [0.3, 0.4) is 0 Å². The maximum atomic E-state index is 14.1. The fraction of sp³-hybridized carbons (Fsp3) is 0.944. The van der Waals surface area contributed by atoms with Gasteiger partial charge in [-0.2, -0.15) is 26.3 Å². The molecule has 0 atom stereocenters. The van der Waals surface area contributed by atoms with Gasteiger partial charge in [-0.25, -0.2) is 0 Å². The second kappa shape index (κ2) is 5.53. The molecule has 0 unspecified atom stereocenters. The van der Waals surface area contributed by atoms with E-state index in [0.717, 1.165) is 0 Å². The number of alkyl halides is 6. The number of carbonyl (C=O) groups is 1. The van der Waals surface area contributed by atoms with Gasteiger partial charge in [-0.1, -0.05) is 0 Å². The first-order chi connectivity index (χ1) is 11.6. The van der Waals surface area contributed by atoms with Crippen molar-refractivity contribution < 1.29 is 35.9 Å². The molecule has 0 aromatic heterocycles. The van der Waals surface area contributed by atoms with Crippen molar-refractivity contribution >= 4 is 5.97 Å². The smallest absolute Gasteiger partial charge is 0.438 e. The first kappa shape index (κ1) is 19.8. The number of rotatable bonds is 2. The number of hydrogen-bond acceptors (Lipinski definition) is 2. The van der Waals surface area contributed by atoms with Crippen molar-refractivity contribution in [1.82, 2.24) is 0 Å². The molecule has 0 heterocycles. The molecule has 26 heavy (non-hydrogen) atoms. The number of ether oxygens (including phenoxy) is 1. The van der Waals surface area contributed by atoms with Gasteiger partial charge in [0.1, 0.15) is 0 Å². The minimum absolute atomic E-state index is 0.154. The van der Waals surface area contributed by atoms with E-state index < -0.39 is 34.8 Å². The average molecular weight is 386 g/mol. The lowest BCUT2D eigenvalue weighted by Crippen LogP contribution is -2.73. The van der Waals surface area contributed by atoms with Crippen molar-refractivity contribution in [3.63, 3.8) is 0 Å². The van der Waals surface area contributed by atoms with Crippen LogP contribution in [0, 0.1) is 28.6 Å².